The van der Waals surface area contributed by atoms with Gasteiger partial charge in [-0.25, -0.2) is 14.5 Å². The topological polar surface area (TPSA) is 220 Å². The van der Waals surface area contributed by atoms with Crippen LogP contribution in [0.3, 0.4) is 0 Å². The summed E-state index contributed by atoms with van der Waals surface area (Å²) in [6.07, 6.45) is 1.04. The van der Waals surface area contributed by atoms with Crippen LogP contribution in [0.2, 0.25) is 0 Å². The number of carbonyl (C=O) groups excluding carboxylic acids is 6. The summed E-state index contributed by atoms with van der Waals surface area (Å²) in [5.74, 6) is -5.19. The molecule has 48 heavy (non-hydrogen) atoms. The van der Waals surface area contributed by atoms with Gasteiger partial charge >= 0.3 is 12.1 Å². The van der Waals surface area contributed by atoms with Gasteiger partial charge in [-0.15, -0.1) is 0 Å². The van der Waals surface area contributed by atoms with Crippen LogP contribution in [0.25, 0.3) is 0 Å². The van der Waals surface area contributed by atoms with Crippen LogP contribution in [0.5, 0.6) is 0 Å². The lowest BCUT2D eigenvalue weighted by Crippen LogP contribution is -2.72. The minimum atomic E-state index is -2.27. The van der Waals surface area contributed by atoms with E-state index in [0.29, 0.717) is 30.6 Å². The van der Waals surface area contributed by atoms with Crippen LogP contribution in [-0.4, -0.2) is 82.1 Å². The second-order valence-corrected chi connectivity index (χ2v) is 13.6. The molecule has 0 spiro atoms. The number of benzene rings is 1. The molecular formula is C34H53N5O9. The first kappa shape index (κ1) is 40.1. The van der Waals surface area contributed by atoms with E-state index in [-0.39, 0.29) is 31.8 Å². The first-order valence-electron chi connectivity index (χ1n) is 16.5. The van der Waals surface area contributed by atoms with Crippen molar-refractivity contribution in [3.8, 4) is 0 Å². The number of amides is 5. The molecule has 7 N–H and O–H groups in total. The molecule has 1 aromatic carbocycles. The standard InChI is InChI=1S/C34H53N5O9/c1-22(2)18-26(30(44)47-20-23-12-8-6-9-13-23)38-31(45)34(21-40,24-14-10-7-11-15-24)39(32(46)48-33(3,4)5)29(43)25(16-17-27(36)41)37-28(42)19-35/h6,8-9,12-13,22,24-26,40H,7,10-11,14-21,35H2,1-5H3,(H2,36,41)(H,37,42)(H,38,45)/t25-,26-,34+/m0/s1. The predicted octanol–water partition coefficient (Wildman–Crippen LogP) is 2.04. The third kappa shape index (κ3) is 11.6. The van der Waals surface area contributed by atoms with Crippen LogP contribution in [0, 0.1) is 11.8 Å². The van der Waals surface area contributed by atoms with Crippen LogP contribution in [-0.2, 0) is 40.1 Å². The van der Waals surface area contributed by atoms with Gasteiger partial charge in [0.15, 0.2) is 5.54 Å². The molecule has 0 radical (unpaired) electrons. The van der Waals surface area contributed by atoms with E-state index in [2.05, 4.69) is 10.6 Å². The lowest BCUT2D eigenvalue weighted by molar-refractivity contribution is -0.160. The number of esters is 1. The summed E-state index contributed by atoms with van der Waals surface area (Å²) in [7, 11) is 0. The third-order valence-corrected chi connectivity index (χ3v) is 8.13. The second kappa shape index (κ2) is 18.5. The van der Waals surface area contributed by atoms with Crippen LogP contribution >= 0.6 is 0 Å². The van der Waals surface area contributed by atoms with Crippen LogP contribution in [0.4, 0.5) is 4.79 Å². The number of hydrogen-bond acceptors (Lipinski definition) is 10. The van der Waals surface area contributed by atoms with E-state index in [4.69, 9.17) is 20.9 Å². The van der Waals surface area contributed by atoms with Crippen molar-refractivity contribution >= 4 is 35.7 Å². The Labute approximate surface area is 282 Å². The molecule has 0 aromatic heterocycles. The zero-order valence-electron chi connectivity index (χ0n) is 28.8. The molecule has 0 aliphatic heterocycles. The van der Waals surface area contributed by atoms with Crippen molar-refractivity contribution in [3.05, 3.63) is 35.9 Å². The number of nitrogens with two attached hydrogens (primary N) is 2. The second-order valence-electron chi connectivity index (χ2n) is 13.6. The molecule has 5 amide bonds. The number of aliphatic hydroxyl groups excluding tert-OH is 1. The first-order chi connectivity index (χ1) is 22.5. The van der Waals surface area contributed by atoms with Crippen molar-refractivity contribution in [2.24, 2.45) is 23.3 Å². The maximum absolute atomic E-state index is 14.7. The van der Waals surface area contributed by atoms with E-state index >= 15 is 0 Å². The average Bonchev–Trinajstić information content (AvgIpc) is 3.03. The van der Waals surface area contributed by atoms with Gasteiger partial charge in [0.2, 0.25) is 17.7 Å². The van der Waals surface area contributed by atoms with E-state index in [1.54, 1.807) is 45.0 Å². The molecule has 2 rings (SSSR count). The Bertz CT molecular complexity index is 1260. The molecule has 0 saturated heterocycles. The number of ether oxygens (including phenoxy) is 2. The molecular weight excluding hydrogens is 622 g/mol. The van der Waals surface area contributed by atoms with Gasteiger partial charge in [-0.2, -0.15) is 0 Å². The van der Waals surface area contributed by atoms with E-state index in [9.17, 15) is 33.9 Å². The number of carbonyl (C=O) groups is 6. The van der Waals surface area contributed by atoms with Gasteiger partial charge in [0.25, 0.3) is 5.91 Å². The summed E-state index contributed by atoms with van der Waals surface area (Å²) >= 11 is 0. The Balaban J connectivity index is 2.69. The van der Waals surface area contributed by atoms with Gasteiger partial charge in [-0.05, 0) is 63.9 Å². The third-order valence-electron chi connectivity index (χ3n) is 8.13. The van der Waals surface area contributed by atoms with Crippen molar-refractivity contribution in [3.63, 3.8) is 0 Å². The Kier molecular flexibility index (Phi) is 15.5. The number of primary amides is 1. The number of nitrogens with one attached hydrogen (secondary N) is 2. The van der Waals surface area contributed by atoms with Gasteiger partial charge in [0, 0.05) is 6.42 Å². The van der Waals surface area contributed by atoms with Crippen molar-refractivity contribution in [2.45, 2.75) is 116 Å². The Morgan fingerprint density at radius 1 is 0.979 bits per heavy atom. The maximum Gasteiger partial charge on any atom is 0.418 e. The monoisotopic (exact) mass is 675 g/mol. The summed E-state index contributed by atoms with van der Waals surface area (Å²) in [5, 5.41) is 16.3. The number of aliphatic hydroxyl groups is 1. The number of hydrogen-bond donors (Lipinski definition) is 5. The number of nitrogens with zero attached hydrogens (tertiary/aromatic N) is 1. The molecule has 14 heteroatoms. The molecule has 1 aliphatic carbocycles. The zero-order chi connectivity index (χ0) is 36.1. The Morgan fingerprint density at radius 2 is 1.60 bits per heavy atom. The number of imide groups is 1. The van der Waals surface area contributed by atoms with E-state index < -0.39 is 78.0 Å². The van der Waals surface area contributed by atoms with Gasteiger partial charge in [-0.1, -0.05) is 63.4 Å². The highest BCUT2D eigenvalue weighted by Crippen LogP contribution is 2.39. The molecule has 1 aliphatic rings. The summed E-state index contributed by atoms with van der Waals surface area (Å²) in [6, 6.07) is 6.25. The van der Waals surface area contributed by atoms with Gasteiger partial charge < -0.3 is 36.7 Å². The SMILES string of the molecule is CC(C)C[C@H](NC(=O)[C@@](CO)(C1CCCCC1)N(C(=O)OC(C)(C)C)C(=O)[C@H](CCC(N)=O)NC(=O)CN)C(=O)OCc1ccccc1. The smallest absolute Gasteiger partial charge is 0.418 e. The van der Waals surface area contributed by atoms with Crippen molar-refractivity contribution in [1.29, 1.82) is 0 Å². The molecule has 1 fully saturated rings. The predicted molar refractivity (Wildman–Crippen MR) is 177 cm³/mol. The number of rotatable bonds is 16. The van der Waals surface area contributed by atoms with Gasteiger partial charge in [-0.3, -0.25) is 19.2 Å². The van der Waals surface area contributed by atoms with Crippen molar-refractivity contribution < 1.29 is 43.3 Å². The van der Waals surface area contributed by atoms with Gasteiger partial charge in [0.05, 0.1) is 13.2 Å². The molecule has 1 aromatic rings. The van der Waals surface area contributed by atoms with Crippen LogP contribution < -0.4 is 22.1 Å². The lowest BCUT2D eigenvalue weighted by Gasteiger charge is -2.47. The van der Waals surface area contributed by atoms with Crippen molar-refractivity contribution in [1.82, 2.24) is 15.5 Å². The minimum absolute atomic E-state index is 0.0528. The molecule has 0 unspecified atom stereocenters. The van der Waals surface area contributed by atoms with Crippen LogP contribution in [0.15, 0.2) is 30.3 Å². The quantitative estimate of drug-likeness (QED) is 0.161. The van der Waals surface area contributed by atoms with E-state index in [1.165, 1.54) is 0 Å². The molecule has 0 bridgehead atoms. The zero-order valence-corrected chi connectivity index (χ0v) is 28.8. The van der Waals surface area contributed by atoms with E-state index in [0.717, 1.165) is 12.0 Å². The van der Waals surface area contributed by atoms with E-state index in [1.807, 2.05) is 19.9 Å². The fourth-order valence-electron chi connectivity index (χ4n) is 5.83. The summed E-state index contributed by atoms with van der Waals surface area (Å²) in [6.45, 7) is 6.82. The molecule has 14 nitrogen and oxygen atoms in total. The first-order valence-corrected chi connectivity index (χ1v) is 16.5. The highest BCUT2D eigenvalue weighted by Gasteiger charge is 2.57. The highest BCUT2D eigenvalue weighted by atomic mass is 16.6. The summed E-state index contributed by atoms with van der Waals surface area (Å²) in [5.41, 5.74) is 8.15. The molecule has 0 heterocycles. The molecule has 1 saturated carbocycles. The molecule has 3 atom stereocenters. The fourth-order valence-corrected chi connectivity index (χ4v) is 5.83. The average molecular weight is 676 g/mol. The lowest BCUT2D eigenvalue weighted by atomic mass is 9.72. The largest absolute Gasteiger partial charge is 0.459 e. The normalized spacial score (nSPS) is 16.2. The van der Waals surface area contributed by atoms with Crippen LogP contribution in [0.1, 0.15) is 91.5 Å². The fraction of sp³-hybridized carbons (Fsp3) is 0.647. The Hall–Kier alpha value is -4.04. The Morgan fingerprint density at radius 3 is 2.12 bits per heavy atom. The highest BCUT2D eigenvalue weighted by molar-refractivity contribution is 6.04. The van der Waals surface area contributed by atoms with Gasteiger partial charge in [0.1, 0.15) is 24.3 Å². The van der Waals surface area contributed by atoms with Crippen molar-refractivity contribution in [2.75, 3.05) is 13.2 Å². The minimum Gasteiger partial charge on any atom is -0.459 e. The summed E-state index contributed by atoms with van der Waals surface area (Å²) < 4.78 is 11.2. The summed E-state index contributed by atoms with van der Waals surface area (Å²) in [4.78, 5) is 81.4. The molecule has 268 valence electrons. The maximum atomic E-state index is 14.7.